The first-order valence-electron chi connectivity index (χ1n) is 5.74. The second-order valence-electron chi connectivity index (χ2n) is 4.49. The normalized spacial score (nSPS) is 23.0. The molecule has 1 aromatic rings. The molecule has 1 saturated heterocycles. The van der Waals surface area contributed by atoms with Gasteiger partial charge in [0.1, 0.15) is 5.82 Å². The third-order valence-corrected chi connectivity index (χ3v) is 3.15. The molecule has 2 atom stereocenters. The molecule has 0 bridgehead atoms. The average molecular weight is 221 g/mol. The number of hydrogen-bond acceptors (Lipinski definition) is 4. The van der Waals surface area contributed by atoms with Crippen LogP contribution in [0.4, 0.5) is 5.82 Å². The third-order valence-electron chi connectivity index (χ3n) is 3.15. The molecule has 4 nitrogen and oxygen atoms in total. The van der Waals surface area contributed by atoms with Crippen molar-refractivity contribution in [3.05, 3.63) is 23.4 Å². The van der Waals surface area contributed by atoms with Crippen LogP contribution in [0.5, 0.6) is 0 Å². The number of nitrogens with zero attached hydrogens (tertiary/aromatic N) is 1. The van der Waals surface area contributed by atoms with E-state index in [2.05, 4.69) is 4.98 Å². The van der Waals surface area contributed by atoms with Crippen LogP contribution in [-0.2, 0) is 4.74 Å². The summed E-state index contributed by atoms with van der Waals surface area (Å²) in [5.41, 5.74) is 14.2. The fourth-order valence-electron chi connectivity index (χ4n) is 2.17. The molecule has 0 aliphatic carbocycles. The smallest absolute Gasteiger partial charge is 0.128 e. The number of aromatic nitrogens is 1. The highest BCUT2D eigenvalue weighted by atomic mass is 16.5. The zero-order chi connectivity index (χ0) is 11.5. The molecule has 0 saturated carbocycles. The Labute approximate surface area is 96.0 Å². The van der Waals surface area contributed by atoms with Crippen molar-refractivity contribution in [2.75, 3.05) is 18.9 Å². The standard InChI is InChI=1S/C12H19N3O/c1-8-5-10(12(14)15-6-8)11(13)9-3-2-4-16-7-9/h5-6,9,11H,2-4,7,13H2,1H3,(H2,14,15). The van der Waals surface area contributed by atoms with Gasteiger partial charge in [0, 0.05) is 30.3 Å². The number of nitrogen functional groups attached to an aromatic ring is 1. The lowest BCUT2D eigenvalue weighted by Gasteiger charge is -2.28. The lowest BCUT2D eigenvalue weighted by atomic mass is 9.89. The summed E-state index contributed by atoms with van der Waals surface area (Å²) < 4.78 is 5.45. The zero-order valence-electron chi connectivity index (χ0n) is 9.65. The van der Waals surface area contributed by atoms with E-state index in [4.69, 9.17) is 16.2 Å². The highest BCUT2D eigenvalue weighted by molar-refractivity contribution is 5.43. The topological polar surface area (TPSA) is 74.2 Å². The van der Waals surface area contributed by atoms with Crippen LogP contribution in [0, 0.1) is 12.8 Å². The first kappa shape index (κ1) is 11.4. The Morgan fingerprint density at radius 2 is 2.38 bits per heavy atom. The van der Waals surface area contributed by atoms with Gasteiger partial charge in [0.15, 0.2) is 0 Å². The van der Waals surface area contributed by atoms with Crippen LogP contribution in [0.2, 0.25) is 0 Å². The van der Waals surface area contributed by atoms with Crippen LogP contribution in [0.3, 0.4) is 0 Å². The van der Waals surface area contributed by atoms with Gasteiger partial charge in [0.2, 0.25) is 0 Å². The van der Waals surface area contributed by atoms with E-state index in [-0.39, 0.29) is 6.04 Å². The van der Waals surface area contributed by atoms with E-state index in [1.807, 2.05) is 13.0 Å². The Kier molecular flexibility index (Phi) is 3.41. The minimum absolute atomic E-state index is 0.0623. The van der Waals surface area contributed by atoms with Crippen molar-refractivity contribution in [2.24, 2.45) is 11.7 Å². The van der Waals surface area contributed by atoms with Crippen molar-refractivity contribution in [2.45, 2.75) is 25.8 Å². The van der Waals surface area contributed by atoms with Crippen LogP contribution in [0.25, 0.3) is 0 Å². The molecule has 0 amide bonds. The van der Waals surface area contributed by atoms with Crippen molar-refractivity contribution in [3.8, 4) is 0 Å². The molecule has 1 fully saturated rings. The van der Waals surface area contributed by atoms with E-state index in [1.54, 1.807) is 6.20 Å². The molecule has 1 aliphatic heterocycles. The maximum atomic E-state index is 6.24. The molecule has 0 aromatic carbocycles. The molecular weight excluding hydrogens is 202 g/mol. The van der Waals surface area contributed by atoms with E-state index < -0.39 is 0 Å². The van der Waals surface area contributed by atoms with E-state index in [9.17, 15) is 0 Å². The first-order chi connectivity index (χ1) is 7.68. The molecule has 1 aromatic heterocycles. The van der Waals surface area contributed by atoms with Gasteiger partial charge in [-0.15, -0.1) is 0 Å². The summed E-state index contributed by atoms with van der Waals surface area (Å²) in [6, 6.07) is 1.97. The molecule has 0 spiro atoms. The minimum Gasteiger partial charge on any atom is -0.383 e. The van der Waals surface area contributed by atoms with Gasteiger partial charge in [-0.2, -0.15) is 0 Å². The summed E-state index contributed by atoms with van der Waals surface area (Å²) in [6.07, 6.45) is 3.95. The van der Waals surface area contributed by atoms with Crippen LogP contribution in [-0.4, -0.2) is 18.2 Å². The van der Waals surface area contributed by atoms with Crippen molar-refractivity contribution in [3.63, 3.8) is 0 Å². The van der Waals surface area contributed by atoms with Crippen molar-refractivity contribution in [1.82, 2.24) is 4.98 Å². The lowest BCUT2D eigenvalue weighted by Crippen LogP contribution is -2.29. The van der Waals surface area contributed by atoms with Crippen molar-refractivity contribution < 1.29 is 4.74 Å². The molecule has 2 heterocycles. The third kappa shape index (κ3) is 2.33. The lowest BCUT2D eigenvalue weighted by molar-refractivity contribution is 0.0448. The summed E-state index contributed by atoms with van der Waals surface area (Å²) in [5, 5.41) is 0. The largest absolute Gasteiger partial charge is 0.383 e. The van der Waals surface area contributed by atoms with Gasteiger partial charge in [-0.25, -0.2) is 4.98 Å². The number of nitrogens with two attached hydrogens (primary N) is 2. The van der Waals surface area contributed by atoms with Crippen LogP contribution >= 0.6 is 0 Å². The maximum Gasteiger partial charge on any atom is 0.128 e. The number of ether oxygens (including phenoxy) is 1. The molecule has 2 rings (SSSR count). The monoisotopic (exact) mass is 221 g/mol. The van der Waals surface area contributed by atoms with Gasteiger partial charge in [-0.05, 0) is 31.4 Å². The summed E-state index contributed by atoms with van der Waals surface area (Å²) in [4.78, 5) is 4.15. The molecule has 4 heteroatoms. The predicted octanol–water partition coefficient (Wildman–Crippen LogP) is 1.40. The molecule has 1 aliphatic rings. The van der Waals surface area contributed by atoms with Gasteiger partial charge >= 0.3 is 0 Å². The zero-order valence-corrected chi connectivity index (χ0v) is 9.65. The Balaban J connectivity index is 2.18. The van der Waals surface area contributed by atoms with E-state index in [1.165, 1.54) is 0 Å². The minimum atomic E-state index is -0.0623. The molecule has 2 unspecified atom stereocenters. The van der Waals surface area contributed by atoms with E-state index in [0.29, 0.717) is 11.7 Å². The van der Waals surface area contributed by atoms with Crippen LogP contribution in [0.15, 0.2) is 12.3 Å². The number of aryl methyl sites for hydroxylation is 1. The SMILES string of the molecule is Cc1cnc(N)c(C(N)C2CCCOC2)c1. The molecule has 0 radical (unpaired) electrons. The number of anilines is 1. The van der Waals surface area contributed by atoms with E-state index in [0.717, 1.165) is 37.2 Å². The van der Waals surface area contributed by atoms with Crippen LogP contribution in [0.1, 0.15) is 30.0 Å². The second-order valence-corrected chi connectivity index (χ2v) is 4.49. The highest BCUT2D eigenvalue weighted by Gasteiger charge is 2.24. The van der Waals surface area contributed by atoms with Gasteiger partial charge in [0.25, 0.3) is 0 Å². The van der Waals surface area contributed by atoms with Gasteiger partial charge in [-0.3, -0.25) is 0 Å². The second kappa shape index (κ2) is 4.80. The molecular formula is C12H19N3O. The quantitative estimate of drug-likeness (QED) is 0.791. The van der Waals surface area contributed by atoms with Crippen molar-refractivity contribution in [1.29, 1.82) is 0 Å². The fraction of sp³-hybridized carbons (Fsp3) is 0.583. The Morgan fingerprint density at radius 1 is 1.56 bits per heavy atom. The Morgan fingerprint density at radius 3 is 3.06 bits per heavy atom. The van der Waals surface area contributed by atoms with E-state index >= 15 is 0 Å². The number of pyridine rings is 1. The van der Waals surface area contributed by atoms with Gasteiger partial charge in [-0.1, -0.05) is 0 Å². The Hall–Kier alpha value is -1.13. The summed E-state index contributed by atoms with van der Waals surface area (Å²) in [7, 11) is 0. The average Bonchev–Trinajstić information content (AvgIpc) is 2.32. The fourth-order valence-corrected chi connectivity index (χ4v) is 2.17. The Bertz CT molecular complexity index is 361. The summed E-state index contributed by atoms with van der Waals surface area (Å²) >= 11 is 0. The maximum absolute atomic E-state index is 6.24. The molecule has 4 N–H and O–H groups in total. The number of hydrogen-bond donors (Lipinski definition) is 2. The van der Waals surface area contributed by atoms with Gasteiger partial charge in [0.05, 0.1) is 6.61 Å². The molecule has 16 heavy (non-hydrogen) atoms. The predicted molar refractivity (Wildman–Crippen MR) is 63.9 cm³/mol. The van der Waals surface area contributed by atoms with Crippen LogP contribution < -0.4 is 11.5 Å². The first-order valence-corrected chi connectivity index (χ1v) is 5.74. The van der Waals surface area contributed by atoms with Gasteiger partial charge < -0.3 is 16.2 Å². The highest BCUT2D eigenvalue weighted by Crippen LogP contribution is 2.29. The number of rotatable bonds is 2. The molecule has 88 valence electrons. The summed E-state index contributed by atoms with van der Waals surface area (Å²) in [5.74, 6) is 0.906. The van der Waals surface area contributed by atoms with Crippen molar-refractivity contribution >= 4 is 5.82 Å². The summed E-state index contributed by atoms with van der Waals surface area (Å²) in [6.45, 7) is 3.58.